The van der Waals surface area contributed by atoms with Gasteiger partial charge in [0.2, 0.25) is 0 Å². The molecule has 21 heavy (non-hydrogen) atoms. The van der Waals surface area contributed by atoms with Crippen molar-refractivity contribution in [1.82, 2.24) is 0 Å². The van der Waals surface area contributed by atoms with Crippen LogP contribution in [0.15, 0.2) is 42.5 Å². The van der Waals surface area contributed by atoms with Crippen molar-refractivity contribution in [3.05, 3.63) is 59.2 Å². The van der Waals surface area contributed by atoms with Gasteiger partial charge in [-0.2, -0.15) is 13.2 Å². The van der Waals surface area contributed by atoms with E-state index in [0.29, 0.717) is 11.1 Å². The van der Waals surface area contributed by atoms with Crippen molar-refractivity contribution in [3.63, 3.8) is 0 Å². The van der Waals surface area contributed by atoms with E-state index in [-0.39, 0.29) is 12.2 Å². The molecule has 1 N–H and O–H groups in total. The predicted molar refractivity (Wildman–Crippen MR) is 71.6 cm³/mol. The summed E-state index contributed by atoms with van der Waals surface area (Å²) >= 11 is 0. The van der Waals surface area contributed by atoms with Gasteiger partial charge in [-0.25, -0.2) is 0 Å². The van der Waals surface area contributed by atoms with Gasteiger partial charge in [0.05, 0.1) is 6.61 Å². The standard InChI is InChI=1S/C16H15F3O2/c1-21-9-10-6-7-12-11-4-2-3-5-13(11)15(20,14(12)8-10)16(17,18)19/h2-8,11,13,20H,9H2,1H3. The number of aliphatic hydroxyl groups is 1. The Balaban J connectivity index is 2.20. The summed E-state index contributed by atoms with van der Waals surface area (Å²) in [6.07, 6.45) is 1.69. The fourth-order valence-electron chi connectivity index (χ4n) is 3.31. The van der Waals surface area contributed by atoms with Gasteiger partial charge in [-0.1, -0.05) is 36.4 Å². The number of fused-ring (bicyclic) bond motifs is 3. The second kappa shape index (κ2) is 4.71. The molecule has 0 spiro atoms. The summed E-state index contributed by atoms with van der Waals surface area (Å²) in [6, 6.07) is 4.81. The van der Waals surface area contributed by atoms with Crippen LogP contribution in [0.4, 0.5) is 13.2 Å². The highest BCUT2D eigenvalue weighted by Gasteiger charge is 2.65. The molecule has 3 unspecified atom stereocenters. The number of methoxy groups -OCH3 is 1. The first kappa shape index (κ1) is 14.4. The molecular weight excluding hydrogens is 281 g/mol. The lowest BCUT2D eigenvalue weighted by Crippen LogP contribution is -2.46. The second-order valence-corrected chi connectivity index (χ2v) is 5.44. The maximum atomic E-state index is 13.6. The van der Waals surface area contributed by atoms with Crippen molar-refractivity contribution >= 4 is 0 Å². The second-order valence-electron chi connectivity index (χ2n) is 5.44. The molecule has 0 aromatic heterocycles. The summed E-state index contributed by atoms with van der Waals surface area (Å²) in [4.78, 5) is 0. The molecule has 0 saturated heterocycles. The van der Waals surface area contributed by atoms with Crippen LogP contribution in [0.2, 0.25) is 0 Å². The predicted octanol–water partition coefficient (Wildman–Crippen LogP) is 3.42. The lowest BCUT2D eigenvalue weighted by molar-refractivity contribution is -0.278. The molecule has 0 heterocycles. The minimum atomic E-state index is -4.73. The molecule has 0 aliphatic heterocycles. The molecule has 0 bridgehead atoms. The van der Waals surface area contributed by atoms with E-state index in [1.807, 2.05) is 0 Å². The number of hydrogen-bond acceptors (Lipinski definition) is 2. The van der Waals surface area contributed by atoms with Gasteiger partial charge in [-0.05, 0) is 22.8 Å². The van der Waals surface area contributed by atoms with Crippen LogP contribution < -0.4 is 0 Å². The van der Waals surface area contributed by atoms with Gasteiger partial charge in [-0.3, -0.25) is 0 Å². The van der Waals surface area contributed by atoms with Crippen molar-refractivity contribution in [2.75, 3.05) is 7.11 Å². The third-order valence-corrected chi connectivity index (χ3v) is 4.25. The Morgan fingerprint density at radius 1 is 1.24 bits per heavy atom. The molecule has 1 aromatic carbocycles. The summed E-state index contributed by atoms with van der Waals surface area (Å²) in [5, 5.41) is 10.5. The molecule has 0 radical (unpaired) electrons. The molecule has 3 rings (SSSR count). The third kappa shape index (κ3) is 1.95. The molecule has 112 valence electrons. The largest absolute Gasteiger partial charge is 0.422 e. The van der Waals surface area contributed by atoms with E-state index < -0.39 is 23.6 Å². The first-order valence-corrected chi connectivity index (χ1v) is 6.66. The van der Waals surface area contributed by atoms with Gasteiger partial charge in [0.15, 0.2) is 5.60 Å². The molecule has 0 saturated carbocycles. The van der Waals surface area contributed by atoms with E-state index >= 15 is 0 Å². The first-order chi connectivity index (χ1) is 9.89. The van der Waals surface area contributed by atoms with Crippen LogP contribution in [0.5, 0.6) is 0 Å². The smallest absolute Gasteiger partial charge is 0.380 e. The molecular formula is C16H15F3O2. The average molecular weight is 296 g/mol. The highest BCUT2D eigenvalue weighted by Crippen LogP contribution is 2.58. The Kier molecular flexibility index (Phi) is 3.22. The number of rotatable bonds is 2. The van der Waals surface area contributed by atoms with Gasteiger partial charge < -0.3 is 9.84 Å². The van der Waals surface area contributed by atoms with E-state index in [2.05, 4.69) is 0 Å². The van der Waals surface area contributed by atoms with Gasteiger partial charge >= 0.3 is 6.18 Å². The summed E-state index contributed by atoms with van der Waals surface area (Å²) in [7, 11) is 1.48. The van der Waals surface area contributed by atoms with Crippen LogP contribution in [-0.2, 0) is 16.9 Å². The number of benzene rings is 1. The van der Waals surface area contributed by atoms with Gasteiger partial charge in [-0.15, -0.1) is 0 Å². The van der Waals surface area contributed by atoms with Crippen LogP contribution in [-0.4, -0.2) is 18.4 Å². The lowest BCUT2D eigenvalue weighted by Gasteiger charge is -2.33. The molecule has 3 atom stereocenters. The van der Waals surface area contributed by atoms with E-state index in [9.17, 15) is 18.3 Å². The fraction of sp³-hybridized carbons (Fsp3) is 0.375. The lowest BCUT2D eigenvalue weighted by atomic mass is 9.80. The van der Waals surface area contributed by atoms with Crippen molar-refractivity contribution in [1.29, 1.82) is 0 Å². The molecule has 2 aliphatic rings. The summed E-state index contributed by atoms with van der Waals surface area (Å²) < 4.78 is 45.7. The minimum Gasteiger partial charge on any atom is -0.380 e. The normalized spacial score (nSPS) is 30.3. The molecule has 5 heteroatoms. The van der Waals surface area contributed by atoms with Crippen LogP contribution in [0.3, 0.4) is 0 Å². The SMILES string of the molecule is COCc1ccc2c(c1)C(O)(C(F)(F)F)C1C=CC=CC21. The summed E-state index contributed by atoms with van der Waals surface area (Å²) in [6.45, 7) is 0.211. The zero-order chi connectivity index (χ0) is 15.3. The highest BCUT2D eigenvalue weighted by atomic mass is 19.4. The number of ether oxygens (including phenoxy) is 1. The number of allylic oxidation sites excluding steroid dienone is 3. The van der Waals surface area contributed by atoms with E-state index in [1.165, 1.54) is 19.3 Å². The Morgan fingerprint density at radius 2 is 1.95 bits per heavy atom. The van der Waals surface area contributed by atoms with Crippen molar-refractivity contribution < 1.29 is 23.0 Å². The Bertz CT molecular complexity index is 618. The summed E-state index contributed by atoms with van der Waals surface area (Å²) in [5.74, 6) is -1.47. The quantitative estimate of drug-likeness (QED) is 0.906. The van der Waals surface area contributed by atoms with Crippen LogP contribution >= 0.6 is 0 Å². The van der Waals surface area contributed by atoms with E-state index in [1.54, 1.807) is 30.4 Å². The molecule has 0 amide bonds. The van der Waals surface area contributed by atoms with Crippen LogP contribution in [0, 0.1) is 5.92 Å². The Morgan fingerprint density at radius 3 is 2.62 bits per heavy atom. The van der Waals surface area contributed by atoms with Gasteiger partial charge in [0.25, 0.3) is 0 Å². The fourth-order valence-corrected chi connectivity index (χ4v) is 3.31. The van der Waals surface area contributed by atoms with Crippen molar-refractivity contribution in [2.24, 2.45) is 5.92 Å². The number of alkyl halides is 3. The zero-order valence-electron chi connectivity index (χ0n) is 11.4. The van der Waals surface area contributed by atoms with E-state index in [0.717, 1.165) is 0 Å². The number of hydrogen-bond donors (Lipinski definition) is 1. The van der Waals surface area contributed by atoms with Crippen LogP contribution in [0.25, 0.3) is 0 Å². The maximum Gasteiger partial charge on any atom is 0.422 e. The molecule has 0 fully saturated rings. The molecule has 2 aliphatic carbocycles. The topological polar surface area (TPSA) is 29.5 Å². The Hall–Kier alpha value is -1.59. The minimum absolute atomic E-state index is 0.0595. The molecule has 1 aromatic rings. The van der Waals surface area contributed by atoms with Gasteiger partial charge in [0, 0.05) is 18.9 Å². The van der Waals surface area contributed by atoms with Crippen LogP contribution in [0.1, 0.15) is 22.6 Å². The van der Waals surface area contributed by atoms with E-state index in [4.69, 9.17) is 4.74 Å². The van der Waals surface area contributed by atoms with Crippen molar-refractivity contribution in [2.45, 2.75) is 24.3 Å². The zero-order valence-corrected chi connectivity index (χ0v) is 11.4. The first-order valence-electron chi connectivity index (χ1n) is 6.66. The third-order valence-electron chi connectivity index (χ3n) is 4.25. The maximum absolute atomic E-state index is 13.6. The highest BCUT2D eigenvalue weighted by molar-refractivity contribution is 5.50. The average Bonchev–Trinajstić information content (AvgIpc) is 2.70. The monoisotopic (exact) mass is 296 g/mol. The van der Waals surface area contributed by atoms with Gasteiger partial charge in [0.1, 0.15) is 0 Å². The summed E-state index contributed by atoms with van der Waals surface area (Å²) in [5.41, 5.74) is -1.76. The number of halogens is 3. The molecule has 2 nitrogen and oxygen atoms in total. The Labute approximate surface area is 120 Å². The van der Waals surface area contributed by atoms with Crippen molar-refractivity contribution in [3.8, 4) is 0 Å².